The van der Waals surface area contributed by atoms with Crippen molar-refractivity contribution in [3.05, 3.63) is 97.8 Å². The fourth-order valence-corrected chi connectivity index (χ4v) is 4.99. The van der Waals surface area contributed by atoms with Crippen LogP contribution in [0.15, 0.2) is 64.0 Å². The van der Waals surface area contributed by atoms with Crippen LogP contribution in [0.1, 0.15) is 54.9 Å². The van der Waals surface area contributed by atoms with E-state index in [0.717, 1.165) is 10.3 Å². The van der Waals surface area contributed by atoms with Crippen molar-refractivity contribution in [3.8, 4) is 18.4 Å². The molecule has 1 atom stereocenters. The van der Waals surface area contributed by atoms with E-state index in [1.54, 1.807) is 48.2 Å². The lowest BCUT2D eigenvalue weighted by Crippen LogP contribution is -2.54. The molecule has 0 spiro atoms. The lowest BCUT2D eigenvalue weighted by molar-refractivity contribution is 0.0669. The summed E-state index contributed by atoms with van der Waals surface area (Å²) in [5.41, 5.74) is 1.53. The Hall–Kier alpha value is -4.54. The van der Waals surface area contributed by atoms with Crippen molar-refractivity contribution < 1.29 is 9.18 Å². The minimum Gasteiger partial charge on any atom is -0.353 e. The van der Waals surface area contributed by atoms with Gasteiger partial charge in [-0.1, -0.05) is 35.8 Å². The number of piperazine rings is 1. The number of nitrogens with zero attached hydrogens (tertiary/aromatic N) is 5. The second kappa shape index (κ2) is 14.9. The normalized spacial score (nSPS) is 14.0. The molecule has 1 N–H and O–H groups in total. The van der Waals surface area contributed by atoms with Gasteiger partial charge < -0.3 is 9.80 Å². The van der Waals surface area contributed by atoms with Crippen molar-refractivity contribution in [1.82, 2.24) is 20.1 Å². The predicted octanol–water partition coefficient (Wildman–Crippen LogP) is 5.70. The van der Waals surface area contributed by atoms with Crippen molar-refractivity contribution in [2.75, 3.05) is 24.5 Å². The fourth-order valence-electron chi connectivity index (χ4n) is 4.63. The molecule has 216 valence electrons. The SMILES string of the molecule is C#CC.CC.CC1CN(c2ccc(C#N)cn2)CCN1C(=O)c1cc(Cc2n[nH]c(=O)c3ccc(Br)cc23)ccc1F. The summed E-state index contributed by atoms with van der Waals surface area (Å²) in [6, 6.07) is 15.2. The molecule has 10 heteroatoms. The summed E-state index contributed by atoms with van der Waals surface area (Å²) < 4.78 is 15.7. The van der Waals surface area contributed by atoms with Gasteiger partial charge in [-0.15, -0.1) is 12.3 Å². The predicted molar refractivity (Wildman–Crippen MR) is 167 cm³/mol. The first-order valence-electron chi connectivity index (χ1n) is 13.5. The summed E-state index contributed by atoms with van der Waals surface area (Å²) in [5.74, 6) is 2.03. The van der Waals surface area contributed by atoms with E-state index in [9.17, 15) is 14.0 Å². The Morgan fingerprint density at radius 3 is 2.55 bits per heavy atom. The van der Waals surface area contributed by atoms with Crippen molar-refractivity contribution in [3.63, 3.8) is 0 Å². The van der Waals surface area contributed by atoms with E-state index in [4.69, 9.17) is 5.26 Å². The molecule has 1 fully saturated rings. The molecular formula is C32H32BrFN6O2. The summed E-state index contributed by atoms with van der Waals surface area (Å²) in [6.07, 6.45) is 6.44. The lowest BCUT2D eigenvalue weighted by atomic mass is 10.0. The maximum absolute atomic E-state index is 14.8. The first-order valence-corrected chi connectivity index (χ1v) is 14.3. The number of amides is 1. The number of aromatic nitrogens is 3. The second-order valence-electron chi connectivity index (χ2n) is 9.28. The first kappa shape index (κ1) is 32.0. The Labute approximate surface area is 253 Å². The number of halogens is 2. The van der Waals surface area contributed by atoms with Gasteiger partial charge in [0.2, 0.25) is 0 Å². The quantitative estimate of drug-likeness (QED) is 0.290. The molecule has 0 saturated carbocycles. The largest absolute Gasteiger partial charge is 0.353 e. The highest BCUT2D eigenvalue weighted by Gasteiger charge is 2.30. The number of fused-ring (bicyclic) bond motifs is 1. The number of terminal acetylenes is 1. The number of anilines is 1. The minimum atomic E-state index is -0.584. The van der Waals surface area contributed by atoms with Gasteiger partial charge in [-0.3, -0.25) is 9.59 Å². The Balaban J connectivity index is 0.000000910. The molecule has 4 aromatic rings. The topological polar surface area (TPSA) is 106 Å². The maximum Gasteiger partial charge on any atom is 0.272 e. The van der Waals surface area contributed by atoms with Gasteiger partial charge in [0.15, 0.2) is 0 Å². The average Bonchev–Trinajstić information content (AvgIpc) is 3.00. The summed E-state index contributed by atoms with van der Waals surface area (Å²) in [6.45, 7) is 9.06. The monoisotopic (exact) mass is 630 g/mol. The van der Waals surface area contributed by atoms with E-state index in [0.29, 0.717) is 53.6 Å². The third-order valence-corrected chi connectivity index (χ3v) is 7.04. The van der Waals surface area contributed by atoms with Gasteiger partial charge in [0.05, 0.1) is 22.2 Å². The van der Waals surface area contributed by atoms with Gasteiger partial charge in [0.25, 0.3) is 11.5 Å². The minimum absolute atomic E-state index is 0.00390. The molecule has 42 heavy (non-hydrogen) atoms. The zero-order chi connectivity index (χ0) is 30.8. The third-order valence-electron chi connectivity index (χ3n) is 6.55. The number of nitrogens with one attached hydrogen (secondary N) is 1. The second-order valence-corrected chi connectivity index (χ2v) is 10.2. The van der Waals surface area contributed by atoms with Crippen LogP contribution in [0.3, 0.4) is 0 Å². The maximum atomic E-state index is 14.8. The summed E-state index contributed by atoms with van der Waals surface area (Å²) in [4.78, 5) is 33.7. The zero-order valence-corrected chi connectivity index (χ0v) is 25.6. The van der Waals surface area contributed by atoms with Gasteiger partial charge in [-0.25, -0.2) is 14.5 Å². The highest BCUT2D eigenvalue weighted by molar-refractivity contribution is 9.10. The van der Waals surface area contributed by atoms with Gasteiger partial charge in [-0.05, 0) is 61.9 Å². The van der Waals surface area contributed by atoms with Gasteiger partial charge >= 0.3 is 0 Å². The van der Waals surface area contributed by atoms with Crippen LogP contribution in [0.2, 0.25) is 0 Å². The number of pyridine rings is 1. The van der Waals surface area contributed by atoms with Crippen molar-refractivity contribution >= 4 is 38.4 Å². The molecular weight excluding hydrogens is 599 g/mol. The number of H-pyrrole nitrogens is 1. The summed E-state index contributed by atoms with van der Waals surface area (Å²) in [5, 5.41) is 16.9. The standard InChI is InChI=1S/C27H22BrFN6O2.C3H4.C2H6/c1-16-15-34(25-7-3-18(13-30)14-31-25)8-9-35(16)27(37)22-10-17(2-6-23(22)29)11-24-21-12-19(28)4-5-20(21)26(36)33-32-24;1-3-2;1-2/h2-7,10,12,14,16H,8-9,11,15H2,1H3,(H,33,36);1H,2H3;1-2H3. The van der Waals surface area contributed by atoms with Gasteiger partial charge in [-0.2, -0.15) is 10.4 Å². The van der Waals surface area contributed by atoms with E-state index < -0.39 is 5.82 Å². The van der Waals surface area contributed by atoms with Gasteiger partial charge in [0.1, 0.15) is 17.7 Å². The number of hydrogen-bond donors (Lipinski definition) is 1. The van der Waals surface area contributed by atoms with E-state index in [1.165, 1.54) is 12.3 Å². The Bertz CT molecular complexity index is 1690. The molecule has 0 aliphatic carbocycles. The third kappa shape index (κ3) is 7.39. The molecule has 8 nitrogen and oxygen atoms in total. The highest BCUT2D eigenvalue weighted by Crippen LogP contribution is 2.24. The van der Waals surface area contributed by atoms with Crippen molar-refractivity contribution in [1.29, 1.82) is 5.26 Å². The Morgan fingerprint density at radius 1 is 1.17 bits per heavy atom. The molecule has 1 saturated heterocycles. The molecule has 1 aliphatic heterocycles. The first-order chi connectivity index (χ1) is 20.2. The van der Waals surface area contributed by atoms with E-state index in [2.05, 4.69) is 49.5 Å². The van der Waals surface area contributed by atoms with E-state index >= 15 is 0 Å². The van der Waals surface area contributed by atoms with Crippen LogP contribution in [0, 0.1) is 29.5 Å². The number of hydrogen-bond acceptors (Lipinski definition) is 6. The van der Waals surface area contributed by atoms with Crippen LogP contribution in [0.5, 0.6) is 0 Å². The van der Waals surface area contributed by atoms with Crippen LogP contribution in [-0.4, -0.2) is 51.7 Å². The molecule has 0 bridgehead atoms. The summed E-state index contributed by atoms with van der Waals surface area (Å²) in [7, 11) is 0. The molecule has 1 aliphatic rings. The molecule has 2 aromatic heterocycles. The number of rotatable bonds is 4. The molecule has 0 radical (unpaired) electrons. The molecule has 3 heterocycles. The molecule has 2 aromatic carbocycles. The zero-order valence-electron chi connectivity index (χ0n) is 24.0. The van der Waals surface area contributed by atoms with E-state index in [-0.39, 0.29) is 23.1 Å². The highest BCUT2D eigenvalue weighted by atomic mass is 79.9. The Morgan fingerprint density at radius 2 is 1.90 bits per heavy atom. The Kier molecular flexibility index (Phi) is 11.3. The fraction of sp³-hybridized carbons (Fsp3) is 0.281. The smallest absolute Gasteiger partial charge is 0.272 e. The number of aromatic amines is 1. The molecule has 1 unspecified atom stereocenters. The van der Waals surface area contributed by atoms with Crippen LogP contribution in [0.4, 0.5) is 10.2 Å². The number of nitriles is 1. The molecule has 5 rings (SSSR count). The number of benzene rings is 2. The average molecular weight is 632 g/mol. The van der Waals surface area contributed by atoms with Crippen molar-refractivity contribution in [2.24, 2.45) is 0 Å². The summed E-state index contributed by atoms with van der Waals surface area (Å²) >= 11 is 3.43. The van der Waals surface area contributed by atoms with Crippen LogP contribution in [0.25, 0.3) is 10.8 Å². The number of carbonyl (C=O) groups excluding carboxylic acids is 1. The van der Waals surface area contributed by atoms with E-state index in [1.807, 2.05) is 31.7 Å². The van der Waals surface area contributed by atoms with Gasteiger partial charge in [0, 0.05) is 48.2 Å². The van der Waals surface area contributed by atoms with Crippen LogP contribution < -0.4 is 10.5 Å². The number of carbonyl (C=O) groups is 1. The lowest BCUT2D eigenvalue weighted by Gasteiger charge is -2.40. The van der Waals surface area contributed by atoms with Crippen molar-refractivity contribution in [2.45, 2.75) is 40.2 Å². The van der Waals surface area contributed by atoms with Crippen LogP contribution in [-0.2, 0) is 6.42 Å². The van der Waals surface area contributed by atoms with Crippen LogP contribution >= 0.6 is 15.9 Å². The molecule has 1 amide bonds.